The second kappa shape index (κ2) is 4.82. The van der Waals surface area contributed by atoms with Crippen molar-refractivity contribution < 1.29 is 8.78 Å². The van der Waals surface area contributed by atoms with Gasteiger partial charge in [0, 0.05) is 11.9 Å². The van der Waals surface area contributed by atoms with Crippen molar-refractivity contribution in [3.05, 3.63) is 41.1 Å². The molecule has 1 aromatic carbocycles. The first-order valence-electron chi connectivity index (χ1n) is 4.68. The van der Waals surface area contributed by atoms with E-state index in [0.717, 1.165) is 0 Å². The van der Waals surface area contributed by atoms with Gasteiger partial charge >= 0.3 is 0 Å². The summed E-state index contributed by atoms with van der Waals surface area (Å²) in [6.45, 7) is 5.14. The summed E-state index contributed by atoms with van der Waals surface area (Å²) >= 11 is 0. The van der Waals surface area contributed by atoms with Crippen LogP contribution >= 0.6 is 0 Å². The van der Waals surface area contributed by atoms with Crippen molar-refractivity contribution in [3.8, 4) is 0 Å². The molecule has 0 aliphatic heterocycles. The maximum atomic E-state index is 13.4. The summed E-state index contributed by atoms with van der Waals surface area (Å²) in [5.74, 6) is -1.11. The minimum Gasteiger partial charge on any atom is -0.266 e. The van der Waals surface area contributed by atoms with Crippen molar-refractivity contribution in [2.24, 2.45) is 4.99 Å². The zero-order valence-electron chi connectivity index (χ0n) is 9.01. The average molecular weight is 209 g/mol. The van der Waals surface area contributed by atoms with Crippen LogP contribution in [0.2, 0.25) is 0 Å². The van der Waals surface area contributed by atoms with Crippen molar-refractivity contribution in [2.45, 2.75) is 20.8 Å². The lowest BCUT2D eigenvalue weighted by molar-refractivity contribution is 0.576. The van der Waals surface area contributed by atoms with Gasteiger partial charge in [-0.1, -0.05) is 6.07 Å². The normalized spacial score (nSPS) is 13.1. The number of halogens is 2. The van der Waals surface area contributed by atoms with Gasteiger partial charge in [-0.3, -0.25) is 4.99 Å². The Morgan fingerprint density at radius 2 is 1.73 bits per heavy atom. The highest BCUT2D eigenvalue weighted by Gasteiger charge is 2.11. The van der Waals surface area contributed by atoms with Gasteiger partial charge in [-0.25, -0.2) is 8.78 Å². The van der Waals surface area contributed by atoms with E-state index in [4.69, 9.17) is 0 Å². The molecule has 0 fully saturated rings. The molecule has 0 amide bonds. The molecule has 0 saturated heterocycles. The third-order valence-corrected chi connectivity index (χ3v) is 2.20. The quantitative estimate of drug-likeness (QED) is 0.657. The fourth-order valence-corrected chi connectivity index (χ4v) is 1.33. The van der Waals surface area contributed by atoms with Crippen LogP contribution in [0.1, 0.15) is 26.3 Å². The number of hydrogen-bond donors (Lipinski definition) is 0. The number of hydrogen-bond acceptors (Lipinski definition) is 1. The van der Waals surface area contributed by atoms with Gasteiger partial charge in [0.05, 0.1) is 5.56 Å². The fourth-order valence-electron chi connectivity index (χ4n) is 1.33. The van der Waals surface area contributed by atoms with Crippen LogP contribution in [0.3, 0.4) is 0 Å². The standard InChI is InChI=1S/C12H13F2N/c1-4-15-9(3)8(2)12-10(13)6-5-7-11(12)14/h4-7H,1-3H3/b9-8+,15-4-. The number of aliphatic imine (C=N–C) groups is 1. The van der Waals surface area contributed by atoms with Crippen molar-refractivity contribution in [1.82, 2.24) is 0 Å². The molecule has 0 aliphatic rings. The maximum Gasteiger partial charge on any atom is 0.133 e. The molecule has 3 heteroatoms. The Labute approximate surface area is 88.2 Å². The number of benzene rings is 1. The molecule has 0 spiro atoms. The summed E-state index contributed by atoms with van der Waals surface area (Å²) in [7, 11) is 0. The average Bonchev–Trinajstić information content (AvgIpc) is 2.17. The topological polar surface area (TPSA) is 12.4 Å². The van der Waals surface area contributed by atoms with Gasteiger partial charge in [-0.2, -0.15) is 0 Å². The van der Waals surface area contributed by atoms with Crippen LogP contribution in [-0.2, 0) is 0 Å². The van der Waals surface area contributed by atoms with Crippen molar-refractivity contribution in [1.29, 1.82) is 0 Å². The SMILES string of the molecule is C/C=N\C(C)=C(/C)c1c(F)cccc1F. The zero-order valence-corrected chi connectivity index (χ0v) is 9.01. The van der Waals surface area contributed by atoms with Gasteiger partial charge in [-0.05, 0) is 38.5 Å². The minimum absolute atomic E-state index is 0.000556. The van der Waals surface area contributed by atoms with Gasteiger partial charge < -0.3 is 0 Å². The molecule has 0 aromatic heterocycles. The Kier molecular flexibility index (Phi) is 3.72. The van der Waals surface area contributed by atoms with Crippen LogP contribution in [-0.4, -0.2) is 6.21 Å². The Morgan fingerprint density at radius 3 is 2.20 bits per heavy atom. The Hall–Kier alpha value is -1.51. The van der Waals surface area contributed by atoms with E-state index in [1.54, 1.807) is 27.0 Å². The van der Waals surface area contributed by atoms with Crippen LogP contribution < -0.4 is 0 Å². The molecule has 0 aliphatic carbocycles. The smallest absolute Gasteiger partial charge is 0.133 e. The minimum atomic E-state index is -0.557. The summed E-state index contributed by atoms with van der Waals surface area (Å²) in [6, 6.07) is 3.83. The Bertz CT molecular complexity index is 399. The molecule has 0 unspecified atom stereocenters. The van der Waals surface area contributed by atoms with E-state index < -0.39 is 11.6 Å². The van der Waals surface area contributed by atoms with E-state index in [1.807, 2.05) is 0 Å². The summed E-state index contributed by atoms with van der Waals surface area (Å²) in [6.07, 6.45) is 1.59. The monoisotopic (exact) mass is 209 g/mol. The van der Waals surface area contributed by atoms with E-state index in [-0.39, 0.29) is 5.56 Å². The lowest BCUT2D eigenvalue weighted by atomic mass is 10.0. The first kappa shape index (κ1) is 11.6. The molecule has 0 radical (unpaired) electrons. The summed E-state index contributed by atoms with van der Waals surface area (Å²) in [5, 5.41) is 0. The molecule has 1 nitrogen and oxygen atoms in total. The number of rotatable bonds is 2. The second-order valence-electron chi connectivity index (χ2n) is 3.19. The molecule has 0 atom stereocenters. The molecule has 1 rings (SSSR count). The molecular weight excluding hydrogens is 196 g/mol. The highest BCUT2D eigenvalue weighted by Crippen LogP contribution is 2.24. The lowest BCUT2D eigenvalue weighted by Gasteiger charge is -2.06. The third kappa shape index (κ3) is 2.49. The first-order chi connectivity index (χ1) is 7.07. The fraction of sp³-hybridized carbons (Fsp3) is 0.250. The molecule has 0 bridgehead atoms. The van der Waals surface area contributed by atoms with E-state index >= 15 is 0 Å². The second-order valence-corrected chi connectivity index (χ2v) is 3.19. The van der Waals surface area contributed by atoms with Crippen LogP contribution in [0.5, 0.6) is 0 Å². The number of allylic oxidation sites excluding steroid dienone is 2. The predicted octanol–water partition coefficient (Wildman–Crippen LogP) is 3.81. The maximum absolute atomic E-state index is 13.4. The van der Waals surface area contributed by atoms with E-state index in [0.29, 0.717) is 11.3 Å². The van der Waals surface area contributed by atoms with Crippen LogP contribution in [0.4, 0.5) is 8.78 Å². The molecule has 0 N–H and O–H groups in total. The lowest BCUT2D eigenvalue weighted by Crippen LogP contribution is -1.94. The van der Waals surface area contributed by atoms with E-state index in [1.165, 1.54) is 18.2 Å². The van der Waals surface area contributed by atoms with Gasteiger partial charge in [0.15, 0.2) is 0 Å². The Balaban J connectivity index is 3.33. The molecule has 0 saturated carbocycles. The van der Waals surface area contributed by atoms with Crippen LogP contribution in [0.25, 0.3) is 5.57 Å². The van der Waals surface area contributed by atoms with Gasteiger partial charge in [0.2, 0.25) is 0 Å². The largest absolute Gasteiger partial charge is 0.266 e. The van der Waals surface area contributed by atoms with Crippen molar-refractivity contribution in [2.75, 3.05) is 0 Å². The third-order valence-electron chi connectivity index (χ3n) is 2.20. The van der Waals surface area contributed by atoms with Gasteiger partial charge in [-0.15, -0.1) is 0 Å². The highest BCUT2D eigenvalue weighted by molar-refractivity contribution is 5.69. The first-order valence-corrected chi connectivity index (χ1v) is 4.68. The van der Waals surface area contributed by atoms with Gasteiger partial charge in [0.25, 0.3) is 0 Å². The van der Waals surface area contributed by atoms with Crippen molar-refractivity contribution >= 4 is 11.8 Å². The van der Waals surface area contributed by atoms with E-state index in [2.05, 4.69) is 4.99 Å². The molecule has 15 heavy (non-hydrogen) atoms. The summed E-state index contributed by atoms with van der Waals surface area (Å²) in [5.41, 5.74) is 1.13. The van der Waals surface area contributed by atoms with Gasteiger partial charge in [0.1, 0.15) is 11.6 Å². The highest BCUT2D eigenvalue weighted by atomic mass is 19.1. The number of nitrogens with zero attached hydrogens (tertiary/aromatic N) is 1. The summed E-state index contributed by atoms with van der Waals surface area (Å²) in [4.78, 5) is 4.00. The molecule has 0 heterocycles. The molecule has 1 aromatic rings. The molecule has 80 valence electrons. The predicted molar refractivity (Wildman–Crippen MR) is 58.8 cm³/mol. The van der Waals surface area contributed by atoms with Crippen molar-refractivity contribution in [3.63, 3.8) is 0 Å². The van der Waals surface area contributed by atoms with Crippen LogP contribution in [0, 0.1) is 11.6 Å². The van der Waals surface area contributed by atoms with E-state index in [9.17, 15) is 8.78 Å². The molecular formula is C12H13F2N. The Morgan fingerprint density at radius 1 is 1.20 bits per heavy atom. The summed E-state index contributed by atoms with van der Waals surface area (Å²) < 4.78 is 26.8. The zero-order chi connectivity index (χ0) is 11.4. The van der Waals surface area contributed by atoms with Crippen LogP contribution in [0.15, 0.2) is 28.9 Å².